The van der Waals surface area contributed by atoms with Crippen molar-refractivity contribution in [2.45, 2.75) is 52.2 Å². The molecule has 0 spiro atoms. The Morgan fingerprint density at radius 3 is 2.00 bits per heavy atom. The molecule has 0 aliphatic rings. The third kappa shape index (κ3) is 7.23. The second-order valence-corrected chi connectivity index (χ2v) is 5.36. The van der Waals surface area contributed by atoms with E-state index in [1.54, 1.807) is 0 Å². The molecule has 0 saturated heterocycles. The molecule has 3 N–H and O–H groups in total. The predicted octanol–water partition coefficient (Wildman–Crippen LogP) is 0.178. The number of hydrogen-bond acceptors (Lipinski definition) is 3. The van der Waals surface area contributed by atoms with Crippen molar-refractivity contribution in [1.29, 1.82) is 0 Å². The number of hydrogen-bond donors (Lipinski definition) is 3. The second kappa shape index (κ2) is 5.30. The molecule has 0 unspecified atom stereocenters. The van der Waals surface area contributed by atoms with E-state index in [1.807, 2.05) is 20.8 Å². The van der Waals surface area contributed by atoms with Gasteiger partial charge in [-0.05, 0) is 34.6 Å². The first kappa shape index (κ1) is 14.9. The Balaban J connectivity index is 3.84. The number of nitrogens with one attached hydrogen (secondary N) is 2. The lowest BCUT2D eigenvalue weighted by molar-refractivity contribution is -0.136. The number of aliphatic hydroxyl groups is 1. The fourth-order valence-corrected chi connectivity index (χ4v) is 0.987. The van der Waals surface area contributed by atoms with E-state index in [2.05, 4.69) is 10.6 Å². The third-order valence-electron chi connectivity index (χ3n) is 1.71. The van der Waals surface area contributed by atoms with Crippen molar-refractivity contribution in [3.8, 4) is 0 Å². The summed E-state index contributed by atoms with van der Waals surface area (Å²) in [6.07, 6.45) is 0.207. The summed E-state index contributed by atoms with van der Waals surface area (Å²) in [7, 11) is 0. The van der Waals surface area contributed by atoms with Gasteiger partial charge in [-0.25, -0.2) is 0 Å². The molecule has 16 heavy (non-hydrogen) atoms. The molecule has 94 valence electrons. The second-order valence-electron chi connectivity index (χ2n) is 5.36. The molecular formula is C11H22N2O3. The number of rotatable bonds is 4. The summed E-state index contributed by atoms with van der Waals surface area (Å²) >= 11 is 0. The van der Waals surface area contributed by atoms with Gasteiger partial charge in [0.05, 0.1) is 0 Å². The lowest BCUT2D eigenvalue weighted by atomic mass is 10.1. The first-order valence-corrected chi connectivity index (χ1v) is 5.34. The molecule has 0 atom stereocenters. The topological polar surface area (TPSA) is 78.4 Å². The summed E-state index contributed by atoms with van der Waals surface area (Å²) in [6.45, 7) is 8.70. The van der Waals surface area contributed by atoms with Crippen molar-refractivity contribution < 1.29 is 14.7 Å². The Morgan fingerprint density at radius 1 is 1.12 bits per heavy atom. The van der Waals surface area contributed by atoms with E-state index >= 15 is 0 Å². The fraction of sp³-hybridized carbons (Fsp3) is 0.818. The zero-order chi connectivity index (χ0) is 13.0. The molecule has 0 rings (SSSR count). The molecule has 0 bridgehead atoms. The van der Waals surface area contributed by atoms with Gasteiger partial charge >= 0.3 is 0 Å². The van der Waals surface area contributed by atoms with Crippen LogP contribution in [0.3, 0.4) is 0 Å². The van der Waals surface area contributed by atoms with Gasteiger partial charge in [-0.1, -0.05) is 0 Å². The van der Waals surface area contributed by atoms with Crippen LogP contribution in [-0.2, 0) is 9.59 Å². The SMILES string of the molecule is CC(C)(C)NC(=O)CCNC(=O)C(C)(C)O. The molecule has 5 heteroatoms. The normalized spacial score (nSPS) is 12.1. The number of carbonyl (C=O) groups is 2. The van der Waals surface area contributed by atoms with Gasteiger partial charge in [-0.3, -0.25) is 9.59 Å². The molecular weight excluding hydrogens is 208 g/mol. The van der Waals surface area contributed by atoms with E-state index in [4.69, 9.17) is 0 Å². The number of amides is 2. The Bertz CT molecular complexity index is 261. The van der Waals surface area contributed by atoms with Crippen molar-refractivity contribution in [2.24, 2.45) is 0 Å². The summed E-state index contributed by atoms with van der Waals surface area (Å²) in [6, 6.07) is 0. The van der Waals surface area contributed by atoms with E-state index in [1.165, 1.54) is 13.8 Å². The quantitative estimate of drug-likeness (QED) is 0.644. The summed E-state index contributed by atoms with van der Waals surface area (Å²) in [5.74, 6) is -0.598. The molecule has 5 nitrogen and oxygen atoms in total. The van der Waals surface area contributed by atoms with E-state index in [0.29, 0.717) is 0 Å². The molecule has 0 aliphatic heterocycles. The Kier molecular flexibility index (Phi) is 4.93. The van der Waals surface area contributed by atoms with Crippen LogP contribution in [0.15, 0.2) is 0 Å². The number of carbonyl (C=O) groups excluding carboxylic acids is 2. The predicted molar refractivity (Wildman–Crippen MR) is 61.8 cm³/mol. The molecule has 0 heterocycles. The van der Waals surface area contributed by atoms with Crippen LogP contribution in [0.1, 0.15) is 41.0 Å². The van der Waals surface area contributed by atoms with Crippen molar-refractivity contribution in [3.63, 3.8) is 0 Å². The average Bonchev–Trinajstić information content (AvgIpc) is 1.98. The van der Waals surface area contributed by atoms with Crippen LogP contribution in [0.2, 0.25) is 0 Å². The van der Waals surface area contributed by atoms with Crippen LogP contribution in [0, 0.1) is 0 Å². The minimum absolute atomic E-state index is 0.122. The molecule has 0 radical (unpaired) electrons. The molecule has 0 aromatic carbocycles. The highest BCUT2D eigenvalue weighted by Crippen LogP contribution is 2.01. The van der Waals surface area contributed by atoms with E-state index in [-0.39, 0.29) is 24.4 Å². The summed E-state index contributed by atoms with van der Waals surface area (Å²) in [5.41, 5.74) is -1.67. The molecule has 0 aromatic rings. The van der Waals surface area contributed by atoms with Crippen molar-refractivity contribution in [1.82, 2.24) is 10.6 Å². The van der Waals surface area contributed by atoms with E-state index < -0.39 is 11.5 Å². The molecule has 0 saturated carbocycles. The largest absolute Gasteiger partial charge is 0.381 e. The van der Waals surface area contributed by atoms with Crippen LogP contribution in [0.25, 0.3) is 0 Å². The van der Waals surface area contributed by atoms with Gasteiger partial charge in [-0.2, -0.15) is 0 Å². The van der Waals surface area contributed by atoms with Gasteiger partial charge in [0.2, 0.25) is 5.91 Å². The van der Waals surface area contributed by atoms with Crippen LogP contribution in [0.4, 0.5) is 0 Å². The molecule has 0 aliphatic carbocycles. The highest BCUT2D eigenvalue weighted by Gasteiger charge is 2.23. The van der Waals surface area contributed by atoms with E-state index in [9.17, 15) is 14.7 Å². The smallest absolute Gasteiger partial charge is 0.251 e. The highest BCUT2D eigenvalue weighted by atomic mass is 16.3. The third-order valence-corrected chi connectivity index (χ3v) is 1.71. The highest BCUT2D eigenvalue weighted by molar-refractivity contribution is 5.84. The first-order valence-electron chi connectivity index (χ1n) is 5.34. The van der Waals surface area contributed by atoms with Crippen LogP contribution in [0.5, 0.6) is 0 Å². The molecule has 0 fully saturated rings. The maximum atomic E-state index is 11.4. The van der Waals surface area contributed by atoms with Crippen molar-refractivity contribution in [3.05, 3.63) is 0 Å². The standard InChI is InChI=1S/C11H22N2O3/c1-10(2,3)13-8(14)6-7-12-9(15)11(4,5)16/h16H,6-7H2,1-5H3,(H,12,15)(H,13,14). The van der Waals surface area contributed by atoms with Gasteiger partial charge in [0, 0.05) is 18.5 Å². The lowest BCUT2D eigenvalue weighted by Crippen LogP contribution is -2.45. The summed E-state index contributed by atoms with van der Waals surface area (Å²) in [4.78, 5) is 22.6. The van der Waals surface area contributed by atoms with Gasteiger partial charge in [0.1, 0.15) is 5.60 Å². The van der Waals surface area contributed by atoms with Crippen molar-refractivity contribution in [2.75, 3.05) is 6.54 Å². The van der Waals surface area contributed by atoms with E-state index in [0.717, 1.165) is 0 Å². The van der Waals surface area contributed by atoms with Crippen molar-refractivity contribution >= 4 is 11.8 Å². The minimum atomic E-state index is -1.40. The Labute approximate surface area is 96.6 Å². The lowest BCUT2D eigenvalue weighted by Gasteiger charge is -2.21. The molecule has 2 amide bonds. The molecule has 0 aromatic heterocycles. The Morgan fingerprint density at radius 2 is 1.62 bits per heavy atom. The monoisotopic (exact) mass is 230 g/mol. The fourth-order valence-electron chi connectivity index (χ4n) is 0.987. The van der Waals surface area contributed by atoms with Gasteiger partial charge in [0.15, 0.2) is 0 Å². The Hall–Kier alpha value is -1.10. The van der Waals surface area contributed by atoms with Crippen LogP contribution in [-0.4, -0.2) is 34.6 Å². The van der Waals surface area contributed by atoms with Gasteiger partial charge < -0.3 is 15.7 Å². The van der Waals surface area contributed by atoms with Gasteiger partial charge in [-0.15, -0.1) is 0 Å². The van der Waals surface area contributed by atoms with Gasteiger partial charge in [0.25, 0.3) is 5.91 Å². The van der Waals surface area contributed by atoms with Crippen LogP contribution >= 0.6 is 0 Å². The zero-order valence-electron chi connectivity index (χ0n) is 10.7. The average molecular weight is 230 g/mol. The maximum Gasteiger partial charge on any atom is 0.251 e. The van der Waals surface area contributed by atoms with Crippen LogP contribution < -0.4 is 10.6 Å². The summed E-state index contributed by atoms with van der Waals surface area (Å²) < 4.78 is 0. The first-order chi connectivity index (χ1) is 7.02. The zero-order valence-corrected chi connectivity index (χ0v) is 10.7. The summed E-state index contributed by atoms with van der Waals surface area (Å²) in [5, 5.41) is 14.6. The minimum Gasteiger partial charge on any atom is -0.381 e. The maximum absolute atomic E-state index is 11.4.